The molecule has 0 saturated carbocycles. The fourth-order valence-corrected chi connectivity index (χ4v) is 1.32. The van der Waals surface area contributed by atoms with E-state index in [9.17, 15) is 9.59 Å². The van der Waals surface area contributed by atoms with Gasteiger partial charge < -0.3 is 5.11 Å². The molecule has 76 valence electrons. The quantitative estimate of drug-likeness (QED) is 0.721. The fourth-order valence-electron chi connectivity index (χ4n) is 1.32. The number of aliphatic carboxylic acids is 1. The van der Waals surface area contributed by atoms with E-state index in [1.807, 2.05) is 6.07 Å². The normalized spacial score (nSPS) is 19.6. The maximum absolute atomic E-state index is 11.6. The van der Waals surface area contributed by atoms with Crippen LogP contribution in [0.15, 0.2) is 35.4 Å². The molecule has 0 aromatic heterocycles. The summed E-state index contributed by atoms with van der Waals surface area (Å²) in [6.45, 7) is 0. The molecule has 1 heterocycles. The maximum Gasteiger partial charge on any atom is 0.321 e. The van der Waals surface area contributed by atoms with Crippen LogP contribution in [0.25, 0.3) is 0 Å². The standard InChI is InChI=1S/C10H8N2O3/c13-9-8(10(14)15)6-11-12(9)7-4-2-1-3-5-7/h1-6,8H,(H,14,15). The van der Waals surface area contributed by atoms with E-state index in [1.54, 1.807) is 24.3 Å². The summed E-state index contributed by atoms with van der Waals surface area (Å²) in [5.74, 6) is -2.87. The number of carbonyl (C=O) groups is 2. The highest BCUT2D eigenvalue weighted by atomic mass is 16.4. The van der Waals surface area contributed by atoms with Crippen LogP contribution in [-0.4, -0.2) is 23.2 Å². The fraction of sp³-hybridized carbons (Fsp3) is 0.100. The Bertz CT molecular complexity index is 428. The lowest BCUT2D eigenvalue weighted by Gasteiger charge is -2.12. The molecule has 0 saturated heterocycles. The van der Waals surface area contributed by atoms with E-state index in [2.05, 4.69) is 5.10 Å². The van der Waals surface area contributed by atoms with Crippen molar-refractivity contribution in [3.8, 4) is 0 Å². The van der Waals surface area contributed by atoms with Crippen molar-refractivity contribution in [1.29, 1.82) is 0 Å². The number of amides is 1. The third-order valence-corrected chi connectivity index (χ3v) is 2.07. The van der Waals surface area contributed by atoms with Gasteiger partial charge in [0.2, 0.25) is 0 Å². The Hall–Kier alpha value is -2.17. The Morgan fingerprint density at radius 3 is 2.53 bits per heavy atom. The minimum absolute atomic E-state index is 0.534. The average molecular weight is 204 g/mol. The molecule has 1 amide bonds. The van der Waals surface area contributed by atoms with Crippen LogP contribution in [0.1, 0.15) is 0 Å². The Morgan fingerprint density at radius 2 is 2.00 bits per heavy atom. The molecular formula is C10H8N2O3. The second kappa shape index (κ2) is 3.53. The lowest BCUT2D eigenvalue weighted by Crippen LogP contribution is -2.30. The summed E-state index contributed by atoms with van der Waals surface area (Å²) in [5, 5.41) is 13.6. The van der Waals surface area contributed by atoms with Crippen molar-refractivity contribution in [1.82, 2.24) is 0 Å². The van der Waals surface area contributed by atoms with Gasteiger partial charge in [0.1, 0.15) is 0 Å². The lowest BCUT2D eigenvalue weighted by atomic mass is 10.1. The summed E-state index contributed by atoms with van der Waals surface area (Å²) in [7, 11) is 0. The van der Waals surface area contributed by atoms with Crippen molar-refractivity contribution >= 4 is 23.8 Å². The first-order valence-electron chi connectivity index (χ1n) is 4.36. The zero-order valence-corrected chi connectivity index (χ0v) is 7.70. The Kier molecular flexibility index (Phi) is 2.21. The molecule has 0 fully saturated rings. The molecule has 2 rings (SSSR count). The number of hydrazone groups is 1. The van der Waals surface area contributed by atoms with Gasteiger partial charge in [0.05, 0.1) is 5.69 Å². The smallest absolute Gasteiger partial charge is 0.321 e. The van der Waals surface area contributed by atoms with Crippen LogP contribution >= 0.6 is 0 Å². The maximum atomic E-state index is 11.6. The van der Waals surface area contributed by atoms with Crippen LogP contribution < -0.4 is 5.01 Å². The second-order valence-electron chi connectivity index (χ2n) is 3.07. The Labute approximate surface area is 85.6 Å². The molecule has 1 aliphatic rings. The molecule has 0 aliphatic carbocycles. The predicted molar refractivity (Wildman–Crippen MR) is 53.5 cm³/mol. The number of carboxylic acid groups (broad SMARTS) is 1. The number of benzene rings is 1. The minimum Gasteiger partial charge on any atom is -0.480 e. The van der Waals surface area contributed by atoms with Crippen molar-refractivity contribution in [2.24, 2.45) is 11.0 Å². The molecule has 15 heavy (non-hydrogen) atoms. The first kappa shape index (κ1) is 9.39. The molecule has 0 bridgehead atoms. The molecule has 0 radical (unpaired) electrons. The summed E-state index contributed by atoms with van der Waals surface area (Å²) in [6.07, 6.45) is 1.14. The second-order valence-corrected chi connectivity index (χ2v) is 3.07. The Morgan fingerprint density at radius 1 is 1.33 bits per heavy atom. The number of hydrogen-bond acceptors (Lipinski definition) is 3. The number of carboxylic acids is 1. The zero-order chi connectivity index (χ0) is 10.8. The van der Waals surface area contributed by atoms with Crippen molar-refractivity contribution in [2.75, 3.05) is 5.01 Å². The van der Waals surface area contributed by atoms with Crippen LogP contribution in [0, 0.1) is 5.92 Å². The van der Waals surface area contributed by atoms with Crippen LogP contribution in [-0.2, 0) is 9.59 Å². The van der Waals surface area contributed by atoms with Gasteiger partial charge in [0, 0.05) is 6.21 Å². The minimum atomic E-state index is -1.18. The number of para-hydroxylation sites is 1. The lowest BCUT2D eigenvalue weighted by molar-refractivity contribution is -0.142. The number of anilines is 1. The van der Waals surface area contributed by atoms with E-state index in [-0.39, 0.29) is 0 Å². The molecule has 1 aromatic carbocycles. The van der Waals surface area contributed by atoms with E-state index >= 15 is 0 Å². The van der Waals surface area contributed by atoms with Crippen molar-refractivity contribution in [2.45, 2.75) is 0 Å². The van der Waals surface area contributed by atoms with E-state index in [0.29, 0.717) is 5.69 Å². The summed E-state index contributed by atoms with van der Waals surface area (Å²) >= 11 is 0. The zero-order valence-electron chi connectivity index (χ0n) is 7.70. The molecular weight excluding hydrogens is 196 g/mol. The molecule has 1 N–H and O–H groups in total. The Balaban J connectivity index is 2.26. The molecule has 0 spiro atoms. The van der Waals surface area contributed by atoms with Gasteiger partial charge in [-0.05, 0) is 12.1 Å². The third kappa shape index (κ3) is 1.59. The van der Waals surface area contributed by atoms with Gasteiger partial charge in [-0.1, -0.05) is 18.2 Å². The molecule has 1 atom stereocenters. The van der Waals surface area contributed by atoms with Gasteiger partial charge in [-0.15, -0.1) is 0 Å². The molecule has 1 aliphatic heterocycles. The average Bonchev–Trinajstić information content (AvgIpc) is 2.61. The highest BCUT2D eigenvalue weighted by Gasteiger charge is 2.34. The summed E-state index contributed by atoms with van der Waals surface area (Å²) in [6, 6.07) is 8.71. The predicted octanol–water partition coefficient (Wildman–Crippen LogP) is 0.720. The summed E-state index contributed by atoms with van der Waals surface area (Å²) in [4.78, 5) is 22.2. The van der Waals surface area contributed by atoms with E-state index in [1.165, 1.54) is 0 Å². The largest absolute Gasteiger partial charge is 0.480 e. The highest BCUT2D eigenvalue weighted by Crippen LogP contribution is 2.20. The number of hydrogen-bond donors (Lipinski definition) is 1. The van der Waals surface area contributed by atoms with Crippen LogP contribution in [0.4, 0.5) is 5.69 Å². The van der Waals surface area contributed by atoms with E-state index < -0.39 is 17.8 Å². The summed E-state index contributed by atoms with van der Waals surface area (Å²) < 4.78 is 0. The molecule has 5 heteroatoms. The van der Waals surface area contributed by atoms with E-state index in [0.717, 1.165) is 11.2 Å². The van der Waals surface area contributed by atoms with Gasteiger partial charge in [-0.2, -0.15) is 10.1 Å². The third-order valence-electron chi connectivity index (χ3n) is 2.07. The number of nitrogens with zero attached hydrogens (tertiary/aromatic N) is 2. The van der Waals surface area contributed by atoms with Gasteiger partial charge in [-0.3, -0.25) is 9.59 Å². The number of carbonyl (C=O) groups excluding carboxylic acids is 1. The van der Waals surface area contributed by atoms with E-state index in [4.69, 9.17) is 5.11 Å². The first-order chi connectivity index (χ1) is 7.20. The van der Waals surface area contributed by atoms with Gasteiger partial charge >= 0.3 is 5.97 Å². The SMILES string of the molecule is O=C(O)C1C=NN(c2ccccc2)C1=O. The molecule has 1 unspecified atom stereocenters. The van der Waals surface area contributed by atoms with Gasteiger partial charge in [-0.25, -0.2) is 0 Å². The van der Waals surface area contributed by atoms with Crippen LogP contribution in [0.3, 0.4) is 0 Å². The van der Waals surface area contributed by atoms with Crippen molar-refractivity contribution < 1.29 is 14.7 Å². The van der Waals surface area contributed by atoms with Crippen LogP contribution in [0.5, 0.6) is 0 Å². The summed E-state index contributed by atoms with van der Waals surface area (Å²) in [5.41, 5.74) is 0.572. The van der Waals surface area contributed by atoms with Gasteiger partial charge in [0.15, 0.2) is 5.92 Å². The molecule has 1 aromatic rings. The topological polar surface area (TPSA) is 70.0 Å². The van der Waals surface area contributed by atoms with Crippen molar-refractivity contribution in [3.63, 3.8) is 0 Å². The highest BCUT2D eigenvalue weighted by molar-refractivity contribution is 6.19. The number of rotatable bonds is 2. The molecule has 5 nitrogen and oxygen atoms in total. The van der Waals surface area contributed by atoms with Gasteiger partial charge in [0.25, 0.3) is 5.91 Å². The van der Waals surface area contributed by atoms with Crippen molar-refractivity contribution in [3.05, 3.63) is 30.3 Å². The monoisotopic (exact) mass is 204 g/mol. The first-order valence-corrected chi connectivity index (χ1v) is 4.36. The van der Waals surface area contributed by atoms with Crippen LogP contribution in [0.2, 0.25) is 0 Å².